The average Bonchev–Trinajstić information content (AvgIpc) is 2.08. The highest BCUT2D eigenvalue weighted by molar-refractivity contribution is 9.10. The summed E-state index contributed by atoms with van der Waals surface area (Å²) in [5, 5.41) is 0. The third-order valence-corrected chi connectivity index (χ3v) is 4.05. The first-order valence-corrected chi connectivity index (χ1v) is 6.05. The number of alkyl halides is 1. The van der Waals surface area contributed by atoms with Gasteiger partial charge in [-0.2, -0.15) is 0 Å². The number of halogens is 2. The fourth-order valence-corrected chi connectivity index (χ4v) is 1.71. The van der Waals surface area contributed by atoms with Crippen molar-refractivity contribution in [2.45, 2.75) is 25.1 Å². The van der Waals surface area contributed by atoms with Crippen molar-refractivity contribution < 1.29 is 0 Å². The van der Waals surface area contributed by atoms with E-state index in [9.17, 15) is 0 Å². The highest BCUT2D eigenvalue weighted by atomic mass is 79.9. The summed E-state index contributed by atoms with van der Waals surface area (Å²) in [6, 6.07) is 3.97. The number of rotatable bonds is 3. The van der Waals surface area contributed by atoms with Gasteiger partial charge in [0.15, 0.2) is 0 Å². The second kappa shape index (κ2) is 5.11. The van der Waals surface area contributed by atoms with E-state index < -0.39 is 0 Å². The Kier molecular flexibility index (Phi) is 4.39. The minimum Gasteiger partial charge on any atom is -0.260 e. The van der Waals surface area contributed by atoms with Crippen LogP contribution in [0.2, 0.25) is 0 Å². The second-order valence-corrected chi connectivity index (χ2v) is 5.43. The Bertz CT molecular complexity index is 273. The van der Waals surface area contributed by atoms with Crippen LogP contribution >= 0.6 is 31.9 Å². The predicted octanol–water partition coefficient (Wildman–Crippen LogP) is 3.81. The van der Waals surface area contributed by atoms with E-state index in [0.29, 0.717) is 10.7 Å². The lowest BCUT2D eigenvalue weighted by molar-refractivity contribution is 0.606. The van der Waals surface area contributed by atoms with Gasteiger partial charge in [-0.3, -0.25) is 4.98 Å². The molecule has 0 aliphatic rings. The lowest BCUT2D eigenvalue weighted by Crippen LogP contribution is -2.11. The zero-order chi connectivity index (χ0) is 9.84. The minimum absolute atomic E-state index is 0.499. The van der Waals surface area contributed by atoms with Crippen LogP contribution in [-0.2, 0) is 6.42 Å². The molecule has 1 aromatic heterocycles. The summed E-state index contributed by atoms with van der Waals surface area (Å²) in [7, 11) is 0. The molecule has 0 spiro atoms. The molecule has 1 rings (SSSR count). The van der Waals surface area contributed by atoms with Crippen molar-refractivity contribution in [1.29, 1.82) is 0 Å². The Morgan fingerprint density at radius 3 is 2.69 bits per heavy atom. The molecular formula is C10H13Br2N. The molecule has 0 saturated carbocycles. The maximum absolute atomic E-state index is 4.32. The van der Waals surface area contributed by atoms with Gasteiger partial charge in [0.25, 0.3) is 0 Å². The normalized spacial score (nSPS) is 13.3. The lowest BCUT2D eigenvalue weighted by atomic mass is 10.1. The summed E-state index contributed by atoms with van der Waals surface area (Å²) in [5.74, 6) is 0.633. The van der Waals surface area contributed by atoms with Gasteiger partial charge in [0, 0.05) is 21.9 Å². The Morgan fingerprint density at radius 1 is 1.46 bits per heavy atom. The van der Waals surface area contributed by atoms with Gasteiger partial charge < -0.3 is 0 Å². The largest absolute Gasteiger partial charge is 0.260 e. The van der Waals surface area contributed by atoms with Gasteiger partial charge in [0.05, 0.1) is 5.69 Å². The molecule has 0 aromatic carbocycles. The fourth-order valence-electron chi connectivity index (χ4n) is 0.989. The van der Waals surface area contributed by atoms with E-state index in [0.717, 1.165) is 16.6 Å². The Balaban J connectivity index is 2.69. The predicted molar refractivity (Wildman–Crippen MR) is 63.2 cm³/mol. The summed E-state index contributed by atoms with van der Waals surface area (Å²) in [6.07, 6.45) is 2.80. The van der Waals surface area contributed by atoms with Crippen molar-refractivity contribution >= 4 is 31.9 Å². The molecule has 0 fully saturated rings. The smallest absolute Gasteiger partial charge is 0.0556 e. The first-order valence-electron chi connectivity index (χ1n) is 4.34. The van der Waals surface area contributed by atoms with Crippen LogP contribution in [0.15, 0.2) is 22.8 Å². The van der Waals surface area contributed by atoms with Crippen molar-refractivity contribution in [1.82, 2.24) is 4.98 Å². The van der Waals surface area contributed by atoms with Crippen LogP contribution in [0.1, 0.15) is 19.5 Å². The molecule has 0 aliphatic carbocycles. The Morgan fingerprint density at radius 2 is 2.15 bits per heavy atom. The first-order chi connectivity index (χ1) is 6.11. The van der Waals surface area contributed by atoms with Crippen LogP contribution in [0.25, 0.3) is 0 Å². The highest BCUT2D eigenvalue weighted by Gasteiger charge is 2.12. The minimum atomic E-state index is 0.499. The number of aromatic nitrogens is 1. The van der Waals surface area contributed by atoms with E-state index in [2.05, 4.69) is 50.7 Å². The molecule has 1 unspecified atom stereocenters. The molecule has 0 bridgehead atoms. The van der Waals surface area contributed by atoms with Crippen LogP contribution in [0.5, 0.6) is 0 Å². The van der Waals surface area contributed by atoms with Crippen molar-refractivity contribution in [3.05, 3.63) is 28.5 Å². The van der Waals surface area contributed by atoms with E-state index in [4.69, 9.17) is 0 Å². The summed E-state index contributed by atoms with van der Waals surface area (Å²) in [5.41, 5.74) is 1.12. The lowest BCUT2D eigenvalue weighted by Gasteiger charge is -2.13. The molecule has 0 N–H and O–H groups in total. The summed E-state index contributed by atoms with van der Waals surface area (Å²) < 4.78 is 1.10. The zero-order valence-corrected chi connectivity index (χ0v) is 11.0. The van der Waals surface area contributed by atoms with Crippen LogP contribution in [0.3, 0.4) is 0 Å². The summed E-state index contributed by atoms with van der Waals surface area (Å²) in [6.45, 7) is 4.41. The third kappa shape index (κ3) is 3.39. The van der Waals surface area contributed by atoms with Crippen molar-refractivity contribution in [3.8, 4) is 0 Å². The van der Waals surface area contributed by atoms with E-state index in [1.54, 1.807) is 0 Å². The van der Waals surface area contributed by atoms with Crippen molar-refractivity contribution in [2.75, 3.05) is 0 Å². The quantitative estimate of drug-likeness (QED) is 0.774. The molecule has 0 aliphatic heterocycles. The average molecular weight is 307 g/mol. The van der Waals surface area contributed by atoms with E-state index in [-0.39, 0.29) is 0 Å². The number of hydrogen-bond acceptors (Lipinski definition) is 1. The fraction of sp³-hybridized carbons (Fsp3) is 0.500. The molecular weight excluding hydrogens is 294 g/mol. The maximum Gasteiger partial charge on any atom is 0.0556 e. The van der Waals surface area contributed by atoms with Gasteiger partial charge in [-0.15, -0.1) is 0 Å². The van der Waals surface area contributed by atoms with E-state index >= 15 is 0 Å². The van der Waals surface area contributed by atoms with Crippen molar-refractivity contribution in [3.63, 3.8) is 0 Å². The molecule has 0 radical (unpaired) electrons. The van der Waals surface area contributed by atoms with E-state index in [1.165, 1.54) is 0 Å². The SMILES string of the molecule is CC(C)C(Br)Cc1ncccc1Br. The van der Waals surface area contributed by atoms with Crippen LogP contribution in [-0.4, -0.2) is 9.81 Å². The molecule has 72 valence electrons. The van der Waals surface area contributed by atoms with Gasteiger partial charge >= 0.3 is 0 Å². The highest BCUT2D eigenvalue weighted by Crippen LogP contribution is 2.21. The number of nitrogens with zero attached hydrogens (tertiary/aromatic N) is 1. The topological polar surface area (TPSA) is 12.9 Å². The van der Waals surface area contributed by atoms with Crippen LogP contribution < -0.4 is 0 Å². The van der Waals surface area contributed by atoms with Gasteiger partial charge in [-0.05, 0) is 34.0 Å². The molecule has 1 nitrogen and oxygen atoms in total. The monoisotopic (exact) mass is 305 g/mol. The van der Waals surface area contributed by atoms with Crippen molar-refractivity contribution in [2.24, 2.45) is 5.92 Å². The first kappa shape index (κ1) is 11.2. The summed E-state index contributed by atoms with van der Waals surface area (Å²) >= 11 is 7.14. The molecule has 13 heavy (non-hydrogen) atoms. The molecule has 1 aromatic rings. The van der Waals surface area contributed by atoms with Gasteiger partial charge in [0.2, 0.25) is 0 Å². The van der Waals surface area contributed by atoms with Gasteiger partial charge in [0.1, 0.15) is 0 Å². The summed E-state index contributed by atoms with van der Waals surface area (Å²) in [4.78, 5) is 4.82. The zero-order valence-electron chi connectivity index (χ0n) is 7.80. The standard InChI is InChI=1S/C10H13Br2N/c1-7(2)9(12)6-10-8(11)4-3-5-13-10/h3-5,7,9H,6H2,1-2H3. The molecule has 3 heteroatoms. The molecule has 0 amide bonds. The Labute approximate surface area is 96.2 Å². The van der Waals surface area contributed by atoms with E-state index in [1.807, 2.05) is 18.3 Å². The maximum atomic E-state index is 4.32. The molecule has 1 heterocycles. The van der Waals surface area contributed by atoms with Crippen LogP contribution in [0, 0.1) is 5.92 Å². The molecule has 1 atom stereocenters. The van der Waals surface area contributed by atoms with Gasteiger partial charge in [-0.1, -0.05) is 29.8 Å². The number of pyridine rings is 1. The second-order valence-electron chi connectivity index (χ2n) is 3.40. The molecule has 0 saturated heterocycles. The number of hydrogen-bond donors (Lipinski definition) is 0. The third-order valence-electron chi connectivity index (χ3n) is 1.95. The van der Waals surface area contributed by atoms with Gasteiger partial charge in [-0.25, -0.2) is 0 Å². The van der Waals surface area contributed by atoms with Crippen LogP contribution in [0.4, 0.5) is 0 Å². The Hall–Kier alpha value is 0.110.